The van der Waals surface area contributed by atoms with E-state index in [9.17, 15) is 4.79 Å². The van der Waals surface area contributed by atoms with E-state index in [2.05, 4.69) is 15.3 Å². The minimum absolute atomic E-state index is 0.0389. The number of nitrogens with zero attached hydrogens (tertiary/aromatic N) is 3. The van der Waals surface area contributed by atoms with Crippen molar-refractivity contribution in [3.63, 3.8) is 0 Å². The van der Waals surface area contributed by atoms with E-state index in [-0.39, 0.29) is 5.69 Å². The van der Waals surface area contributed by atoms with Crippen LogP contribution in [0.2, 0.25) is 0 Å². The third-order valence-electron chi connectivity index (χ3n) is 2.54. The van der Waals surface area contributed by atoms with Crippen molar-refractivity contribution in [3.8, 4) is 0 Å². The number of carboxylic acid groups (broad SMARTS) is 1. The molecule has 0 atom stereocenters. The maximum Gasteiger partial charge on any atom is 0.354 e. The molecule has 6 heteroatoms. The first kappa shape index (κ1) is 12.1. The molecule has 0 aliphatic heterocycles. The number of nitrogens with one attached hydrogen (secondary N) is 1. The number of hydrogen-bond acceptors (Lipinski definition) is 4. The second-order valence-electron chi connectivity index (χ2n) is 3.84. The zero-order chi connectivity index (χ0) is 13.0. The molecule has 0 aliphatic rings. The fourth-order valence-electron chi connectivity index (χ4n) is 1.59. The average molecular weight is 246 g/mol. The van der Waals surface area contributed by atoms with Crippen LogP contribution >= 0.6 is 0 Å². The highest BCUT2D eigenvalue weighted by Gasteiger charge is 2.05. The molecular weight excluding hydrogens is 232 g/mol. The molecule has 0 saturated carbocycles. The molecule has 0 unspecified atom stereocenters. The van der Waals surface area contributed by atoms with Crippen LogP contribution in [0.3, 0.4) is 0 Å². The number of aromatic carboxylic acids is 1. The Morgan fingerprint density at radius 2 is 2.33 bits per heavy atom. The van der Waals surface area contributed by atoms with Gasteiger partial charge in [0.15, 0.2) is 5.69 Å². The number of aromatic nitrogens is 3. The Balaban J connectivity index is 1.92. The van der Waals surface area contributed by atoms with Gasteiger partial charge in [-0.3, -0.25) is 0 Å². The summed E-state index contributed by atoms with van der Waals surface area (Å²) < 4.78 is 1.95. The van der Waals surface area contributed by atoms with Crippen molar-refractivity contribution in [2.24, 2.45) is 7.05 Å². The summed E-state index contributed by atoms with van der Waals surface area (Å²) in [6.45, 7) is 0.654. The Labute approximate surface area is 104 Å². The van der Waals surface area contributed by atoms with Gasteiger partial charge in [-0.1, -0.05) is 6.07 Å². The number of rotatable bonds is 5. The zero-order valence-electron chi connectivity index (χ0n) is 10.00. The number of carbonyl (C=O) groups is 1. The first-order valence-corrected chi connectivity index (χ1v) is 5.57. The fraction of sp³-hybridized carbons (Fsp3) is 0.250. The lowest BCUT2D eigenvalue weighted by molar-refractivity contribution is 0.0690. The number of hydrogen-bond donors (Lipinski definition) is 2. The number of imidazole rings is 1. The minimum atomic E-state index is -1.03. The van der Waals surface area contributed by atoms with Gasteiger partial charge in [-0.15, -0.1) is 0 Å². The van der Waals surface area contributed by atoms with Gasteiger partial charge in [0.05, 0.1) is 0 Å². The molecular formula is C12H14N4O2. The predicted octanol–water partition coefficient (Wildman–Crippen LogP) is 1.17. The van der Waals surface area contributed by atoms with Crippen molar-refractivity contribution in [2.75, 3.05) is 11.9 Å². The van der Waals surface area contributed by atoms with Crippen LogP contribution in [-0.4, -0.2) is 32.2 Å². The van der Waals surface area contributed by atoms with Gasteiger partial charge in [-0.2, -0.15) is 0 Å². The van der Waals surface area contributed by atoms with Crippen LogP contribution in [0, 0.1) is 0 Å². The normalized spacial score (nSPS) is 10.3. The topological polar surface area (TPSA) is 80.0 Å². The monoisotopic (exact) mass is 246 g/mol. The number of pyridine rings is 1. The van der Waals surface area contributed by atoms with Crippen LogP contribution in [-0.2, 0) is 13.5 Å². The second-order valence-corrected chi connectivity index (χ2v) is 3.84. The Morgan fingerprint density at radius 3 is 3.00 bits per heavy atom. The molecule has 0 aromatic carbocycles. The maximum absolute atomic E-state index is 10.8. The first-order chi connectivity index (χ1) is 8.66. The van der Waals surface area contributed by atoms with E-state index in [1.54, 1.807) is 18.3 Å². The van der Waals surface area contributed by atoms with Crippen molar-refractivity contribution in [2.45, 2.75) is 6.42 Å². The van der Waals surface area contributed by atoms with Crippen LogP contribution in [0.15, 0.2) is 30.6 Å². The summed E-state index contributed by atoms with van der Waals surface area (Å²) in [5.74, 6) is 0.503. The third-order valence-corrected chi connectivity index (χ3v) is 2.54. The van der Waals surface area contributed by atoms with E-state index < -0.39 is 5.97 Å². The summed E-state index contributed by atoms with van der Waals surface area (Å²) in [4.78, 5) is 18.9. The molecule has 2 aromatic heterocycles. The van der Waals surface area contributed by atoms with Crippen molar-refractivity contribution in [1.29, 1.82) is 0 Å². The highest BCUT2D eigenvalue weighted by molar-refractivity contribution is 5.85. The molecule has 0 fully saturated rings. The Hall–Kier alpha value is -2.37. The van der Waals surface area contributed by atoms with Gasteiger partial charge in [0.2, 0.25) is 0 Å². The van der Waals surface area contributed by atoms with Crippen molar-refractivity contribution in [3.05, 3.63) is 42.1 Å². The van der Waals surface area contributed by atoms with Crippen molar-refractivity contribution in [1.82, 2.24) is 14.5 Å². The van der Waals surface area contributed by atoms with E-state index in [1.165, 1.54) is 6.07 Å². The molecule has 0 saturated heterocycles. The molecule has 0 amide bonds. The molecule has 0 spiro atoms. The lowest BCUT2D eigenvalue weighted by Gasteiger charge is -2.06. The highest BCUT2D eigenvalue weighted by atomic mass is 16.4. The third kappa shape index (κ3) is 2.85. The van der Waals surface area contributed by atoms with E-state index in [4.69, 9.17) is 5.11 Å². The zero-order valence-corrected chi connectivity index (χ0v) is 10.00. The van der Waals surface area contributed by atoms with Crippen LogP contribution in [0.4, 0.5) is 5.82 Å². The van der Waals surface area contributed by atoms with Gasteiger partial charge in [0.25, 0.3) is 0 Å². The molecule has 94 valence electrons. The summed E-state index contributed by atoms with van der Waals surface area (Å²) in [6, 6.07) is 4.87. The fourth-order valence-corrected chi connectivity index (χ4v) is 1.59. The van der Waals surface area contributed by atoms with Gasteiger partial charge in [-0.05, 0) is 12.1 Å². The number of aryl methyl sites for hydroxylation is 1. The highest BCUT2D eigenvalue weighted by Crippen LogP contribution is 2.05. The molecule has 6 nitrogen and oxygen atoms in total. The van der Waals surface area contributed by atoms with Gasteiger partial charge >= 0.3 is 5.97 Å². The number of carboxylic acids is 1. The van der Waals surface area contributed by atoms with Gasteiger partial charge in [0.1, 0.15) is 11.6 Å². The predicted molar refractivity (Wildman–Crippen MR) is 66.6 cm³/mol. The summed E-state index contributed by atoms with van der Waals surface area (Å²) in [5.41, 5.74) is 0.0389. The van der Waals surface area contributed by atoms with Crippen LogP contribution in [0.1, 0.15) is 16.3 Å². The SMILES string of the molecule is Cn1ccnc1CCNc1cccc(C(=O)O)n1. The summed E-state index contributed by atoms with van der Waals surface area (Å²) in [6.07, 6.45) is 4.39. The van der Waals surface area contributed by atoms with Crippen molar-refractivity contribution < 1.29 is 9.90 Å². The Morgan fingerprint density at radius 1 is 1.50 bits per heavy atom. The van der Waals surface area contributed by atoms with Crippen LogP contribution in [0.25, 0.3) is 0 Å². The van der Waals surface area contributed by atoms with Crippen LogP contribution in [0.5, 0.6) is 0 Å². The molecule has 2 heterocycles. The summed E-state index contributed by atoms with van der Waals surface area (Å²) >= 11 is 0. The maximum atomic E-state index is 10.8. The Kier molecular flexibility index (Phi) is 3.57. The van der Waals surface area contributed by atoms with Gasteiger partial charge in [-0.25, -0.2) is 14.8 Å². The van der Waals surface area contributed by atoms with Crippen LogP contribution < -0.4 is 5.32 Å². The molecule has 2 aromatic rings. The van der Waals surface area contributed by atoms with Crippen molar-refractivity contribution >= 4 is 11.8 Å². The molecule has 18 heavy (non-hydrogen) atoms. The smallest absolute Gasteiger partial charge is 0.354 e. The van der Waals surface area contributed by atoms with E-state index >= 15 is 0 Å². The van der Waals surface area contributed by atoms with Gasteiger partial charge < -0.3 is 15.0 Å². The van der Waals surface area contributed by atoms with Gasteiger partial charge in [0, 0.05) is 32.4 Å². The average Bonchev–Trinajstić information content (AvgIpc) is 2.76. The molecule has 2 N–H and O–H groups in total. The summed E-state index contributed by atoms with van der Waals surface area (Å²) in [5, 5.41) is 11.9. The molecule has 2 rings (SSSR count). The van der Waals surface area contributed by atoms with E-state index in [1.807, 2.05) is 17.8 Å². The Bertz CT molecular complexity index is 551. The van der Waals surface area contributed by atoms with E-state index in [0.29, 0.717) is 12.4 Å². The lowest BCUT2D eigenvalue weighted by Crippen LogP contribution is -2.10. The van der Waals surface area contributed by atoms with E-state index in [0.717, 1.165) is 12.2 Å². The molecule has 0 aliphatic carbocycles. The molecule has 0 radical (unpaired) electrons. The molecule has 0 bridgehead atoms. The minimum Gasteiger partial charge on any atom is -0.477 e. The standard InChI is InChI=1S/C12H14N4O2/c1-16-8-7-14-11(16)5-6-13-10-4-2-3-9(15-10)12(17)18/h2-4,7-8H,5-6H2,1H3,(H,13,15)(H,17,18). The first-order valence-electron chi connectivity index (χ1n) is 5.57. The second kappa shape index (κ2) is 5.31. The quantitative estimate of drug-likeness (QED) is 0.827. The summed E-state index contributed by atoms with van der Waals surface area (Å²) in [7, 11) is 1.94. The lowest BCUT2D eigenvalue weighted by atomic mass is 10.3. The largest absolute Gasteiger partial charge is 0.477 e. The number of anilines is 1.